The number of hydrogen-bond donors (Lipinski definition) is 2. The van der Waals surface area contributed by atoms with E-state index in [1.807, 2.05) is 30.3 Å². The van der Waals surface area contributed by atoms with Gasteiger partial charge in [0.2, 0.25) is 5.95 Å². The van der Waals surface area contributed by atoms with Crippen LogP contribution in [0.15, 0.2) is 42.6 Å². The number of nitro groups is 1. The molecule has 0 bridgehead atoms. The number of para-hydroxylation sites is 1. The van der Waals surface area contributed by atoms with E-state index in [1.165, 1.54) is 12.3 Å². The molecule has 3 aromatic rings. The molecule has 0 aliphatic heterocycles. The Kier molecular flexibility index (Phi) is 4.79. The minimum absolute atomic E-state index is 0.0248. The molecule has 128 valence electrons. The van der Waals surface area contributed by atoms with Gasteiger partial charge in [0.05, 0.1) is 10.6 Å². The lowest BCUT2D eigenvalue weighted by molar-refractivity contribution is -0.385. The van der Waals surface area contributed by atoms with Crippen molar-refractivity contribution in [2.24, 2.45) is 0 Å². The highest BCUT2D eigenvalue weighted by Crippen LogP contribution is 2.17. The molecular formula is C15H16N8O2. The maximum Gasteiger partial charge on any atom is 0.287 e. The third kappa shape index (κ3) is 3.86. The Morgan fingerprint density at radius 3 is 2.68 bits per heavy atom. The fraction of sp³-hybridized carbons (Fsp3) is 0.200. The molecule has 0 fully saturated rings. The summed E-state index contributed by atoms with van der Waals surface area (Å²) in [6.45, 7) is 2.87. The number of tetrazole rings is 1. The van der Waals surface area contributed by atoms with Gasteiger partial charge in [0.25, 0.3) is 5.69 Å². The van der Waals surface area contributed by atoms with Crippen LogP contribution in [0.1, 0.15) is 5.56 Å². The van der Waals surface area contributed by atoms with Gasteiger partial charge in [-0.3, -0.25) is 10.1 Å². The first-order chi connectivity index (χ1) is 12.1. The average Bonchev–Trinajstić information content (AvgIpc) is 3.09. The summed E-state index contributed by atoms with van der Waals surface area (Å²) in [7, 11) is 0. The summed E-state index contributed by atoms with van der Waals surface area (Å²) in [5.41, 5.74) is 1.54. The van der Waals surface area contributed by atoms with Crippen LogP contribution in [0, 0.1) is 17.0 Å². The largest absolute Gasteiger partial charge is 0.368 e. The molecule has 10 nitrogen and oxygen atoms in total. The lowest BCUT2D eigenvalue weighted by Gasteiger charge is -2.10. The van der Waals surface area contributed by atoms with Gasteiger partial charge in [-0.05, 0) is 35.0 Å². The topological polar surface area (TPSA) is 124 Å². The highest BCUT2D eigenvalue weighted by molar-refractivity contribution is 5.48. The molecule has 0 saturated carbocycles. The van der Waals surface area contributed by atoms with Gasteiger partial charge < -0.3 is 10.6 Å². The molecule has 2 heterocycles. The maximum atomic E-state index is 10.7. The number of pyridine rings is 1. The van der Waals surface area contributed by atoms with Crippen LogP contribution in [0.4, 0.5) is 17.5 Å². The molecule has 0 saturated heterocycles. The maximum absolute atomic E-state index is 10.7. The fourth-order valence-corrected chi connectivity index (χ4v) is 2.24. The molecule has 0 aliphatic rings. The highest BCUT2D eigenvalue weighted by Gasteiger charge is 2.10. The molecule has 0 amide bonds. The van der Waals surface area contributed by atoms with Crippen LogP contribution in [-0.2, 0) is 0 Å². The standard InChI is InChI=1S/C15H16N8O2/c1-11-9-13(23(24)25)10-18-14(11)16-7-8-17-15-19-20-21-22(15)12-5-3-2-4-6-12/h2-6,9-10H,7-8H2,1H3,(H,16,18)(H,17,19,21). The zero-order valence-corrected chi connectivity index (χ0v) is 13.5. The van der Waals surface area contributed by atoms with Crippen LogP contribution >= 0.6 is 0 Å². The Hall–Kier alpha value is -3.56. The minimum Gasteiger partial charge on any atom is -0.368 e. The van der Waals surface area contributed by atoms with Gasteiger partial charge in [-0.15, -0.1) is 0 Å². The van der Waals surface area contributed by atoms with Crippen LogP contribution < -0.4 is 10.6 Å². The third-order valence-corrected chi connectivity index (χ3v) is 3.45. The monoisotopic (exact) mass is 340 g/mol. The Morgan fingerprint density at radius 1 is 1.20 bits per heavy atom. The van der Waals surface area contributed by atoms with Gasteiger partial charge >= 0.3 is 0 Å². The summed E-state index contributed by atoms with van der Waals surface area (Å²) in [5, 5.41) is 28.6. The normalized spacial score (nSPS) is 10.4. The van der Waals surface area contributed by atoms with Crippen molar-refractivity contribution >= 4 is 17.5 Å². The van der Waals surface area contributed by atoms with Crippen molar-refractivity contribution in [3.63, 3.8) is 0 Å². The second-order valence-electron chi connectivity index (χ2n) is 5.22. The van der Waals surface area contributed by atoms with Crippen molar-refractivity contribution in [1.29, 1.82) is 0 Å². The van der Waals surface area contributed by atoms with E-state index in [4.69, 9.17) is 0 Å². The van der Waals surface area contributed by atoms with Crippen LogP contribution in [-0.4, -0.2) is 43.2 Å². The SMILES string of the molecule is Cc1cc([N+](=O)[O-])cnc1NCCNc1nnnn1-c1ccccc1. The first kappa shape index (κ1) is 16.3. The molecule has 10 heteroatoms. The average molecular weight is 340 g/mol. The van der Waals surface area contributed by atoms with Crippen LogP contribution in [0.3, 0.4) is 0 Å². The minimum atomic E-state index is -0.464. The smallest absolute Gasteiger partial charge is 0.287 e. The molecule has 0 radical (unpaired) electrons. The molecule has 0 aliphatic carbocycles. The second kappa shape index (κ2) is 7.34. The van der Waals surface area contributed by atoms with E-state index < -0.39 is 4.92 Å². The van der Waals surface area contributed by atoms with Gasteiger partial charge in [-0.25, -0.2) is 4.98 Å². The molecule has 0 spiro atoms. The predicted octanol–water partition coefficient (Wildman–Crippen LogP) is 1.80. The first-order valence-corrected chi connectivity index (χ1v) is 7.58. The molecule has 0 unspecified atom stereocenters. The molecule has 3 rings (SSSR count). The Bertz CT molecular complexity index is 865. The summed E-state index contributed by atoms with van der Waals surface area (Å²) >= 11 is 0. The fourth-order valence-electron chi connectivity index (χ4n) is 2.24. The number of anilines is 2. The van der Waals surface area contributed by atoms with Crippen molar-refractivity contribution < 1.29 is 4.92 Å². The second-order valence-corrected chi connectivity index (χ2v) is 5.22. The Labute approximate surface area is 143 Å². The summed E-state index contributed by atoms with van der Waals surface area (Å²) < 4.78 is 1.61. The summed E-state index contributed by atoms with van der Waals surface area (Å²) in [6.07, 6.45) is 1.23. The number of rotatable bonds is 7. The van der Waals surface area contributed by atoms with E-state index in [9.17, 15) is 10.1 Å². The summed E-state index contributed by atoms with van der Waals surface area (Å²) in [6, 6.07) is 11.0. The molecule has 0 atom stereocenters. The first-order valence-electron chi connectivity index (χ1n) is 7.58. The van der Waals surface area contributed by atoms with Gasteiger partial charge in [-0.2, -0.15) is 4.68 Å². The number of aromatic nitrogens is 5. The van der Waals surface area contributed by atoms with Crippen LogP contribution in [0.2, 0.25) is 0 Å². The number of benzene rings is 1. The van der Waals surface area contributed by atoms with Crippen molar-refractivity contribution in [3.8, 4) is 5.69 Å². The number of nitrogens with zero attached hydrogens (tertiary/aromatic N) is 6. The number of hydrogen-bond acceptors (Lipinski definition) is 8. The van der Waals surface area contributed by atoms with Crippen molar-refractivity contribution in [2.45, 2.75) is 6.92 Å². The van der Waals surface area contributed by atoms with Crippen LogP contribution in [0.25, 0.3) is 5.69 Å². The van der Waals surface area contributed by atoms with Crippen molar-refractivity contribution in [3.05, 3.63) is 58.3 Å². The molecule has 25 heavy (non-hydrogen) atoms. The number of aryl methyl sites for hydroxylation is 1. The molecule has 2 aromatic heterocycles. The van der Waals surface area contributed by atoms with E-state index in [1.54, 1.807) is 11.6 Å². The van der Waals surface area contributed by atoms with Gasteiger partial charge in [0, 0.05) is 19.2 Å². The van der Waals surface area contributed by atoms with Crippen molar-refractivity contribution in [1.82, 2.24) is 25.2 Å². The van der Waals surface area contributed by atoms with E-state index in [2.05, 4.69) is 31.1 Å². The van der Waals surface area contributed by atoms with Gasteiger partial charge in [-0.1, -0.05) is 23.3 Å². The van der Waals surface area contributed by atoms with E-state index in [0.717, 1.165) is 5.69 Å². The Balaban J connectivity index is 1.56. The lowest BCUT2D eigenvalue weighted by atomic mass is 10.2. The number of nitrogens with one attached hydrogen (secondary N) is 2. The zero-order valence-electron chi connectivity index (χ0n) is 13.5. The van der Waals surface area contributed by atoms with E-state index in [0.29, 0.717) is 30.4 Å². The van der Waals surface area contributed by atoms with Gasteiger partial charge in [0.1, 0.15) is 12.0 Å². The highest BCUT2D eigenvalue weighted by atomic mass is 16.6. The van der Waals surface area contributed by atoms with Gasteiger partial charge in [0.15, 0.2) is 0 Å². The van der Waals surface area contributed by atoms with E-state index >= 15 is 0 Å². The third-order valence-electron chi connectivity index (χ3n) is 3.45. The molecular weight excluding hydrogens is 324 g/mol. The predicted molar refractivity (Wildman–Crippen MR) is 91.8 cm³/mol. The zero-order chi connectivity index (χ0) is 17.6. The quantitative estimate of drug-likeness (QED) is 0.379. The summed E-state index contributed by atoms with van der Waals surface area (Å²) in [4.78, 5) is 14.3. The van der Waals surface area contributed by atoms with Crippen LogP contribution in [0.5, 0.6) is 0 Å². The molecule has 2 N–H and O–H groups in total. The van der Waals surface area contributed by atoms with Crippen molar-refractivity contribution in [2.75, 3.05) is 23.7 Å². The Morgan fingerprint density at radius 2 is 1.96 bits per heavy atom. The summed E-state index contributed by atoms with van der Waals surface area (Å²) in [5.74, 6) is 1.14. The van der Waals surface area contributed by atoms with E-state index in [-0.39, 0.29) is 5.69 Å². The molecule has 1 aromatic carbocycles. The lowest BCUT2D eigenvalue weighted by Crippen LogP contribution is -2.17.